The Morgan fingerprint density at radius 3 is 2.79 bits per heavy atom. The molecule has 29 heavy (non-hydrogen) atoms. The van der Waals surface area contributed by atoms with Crippen LogP contribution < -0.4 is 10.9 Å². The summed E-state index contributed by atoms with van der Waals surface area (Å²) in [4.78, 5) is 27.9. The van der Waals surface area contributed by atoms with Gasteiger partial charge in [0.15, 0.2) is 0 Å². The van der Waals surface area contributed by atoms with Crippen molar-refractivity contribution < 1.29 is 19.0 Å². The number of benzene rings is 1. The molecule has 1 amide bonds. The molecule has 0 aliphatic carbocycles. The van der Waals surface area contributed by atoms with Gasteiger partial charge in [0.1, 0.15) is 17.1 Å². The van der Waals surface area contributed by atoms with E-state index in [1.165, 1.54) is 16.7 Å². The Bertz CT molecular complexity index is 988. The van der Waals surface area contributed by atoms with Crippen LogP contribution in [-0.2, 0) is 11.2 Å². The minimum Gasteiger partial charge on any atom is -0.506 e. The zero-order valence-corrected chi connectivity index (χ0v) is 17.1. The van der Waals surface area contributed by atoms with E-state index in [1.54, 1.807) is 0 Å². The Hall–Kier alpha value is -2.16. The Morgan fingerprint density at radius 1 is 1.34 bits per heavy atom. The minimum atomic E-state index is -0.634. The Morgan fingerprint density at radius 2 is 2.07 bits per heavy atom. The van der Waals surface area contributed by atoms with Crippen LogP contribution in [0, 0.1) is 5.82 Å². The van der Waals surface area contributed by atoms with Crippen molar-refractivity contribution in [2.24, 2.45) is 0 Å². The van der Waals surface area contributed by atoms with Crippen molar-refractivity contribution in [3.05, 3.63) is 39.4 Å². The van der Waals surface area contributed by atoms with Crippen LogP contribution in [0.5, 0.6) is 5.75 Å². The number of aromatic nitrogens is 1. The molecule has 1 aromatic carbocycles. The van der Waals surface area contributed by atoms with Crippen LogP contribution in [0.25, 0.3) is 10.9 Å². The van der Waals surface area contributed by atoms with Crippen LogP contribution >= 0.6 is 12.4 Å². The van der Waals surface area contributed by atoms with Gasteiger partial charge in [0.25, 0.3) is 11.5 Å². The summed E-state index contributed by atoms with van der Waals surface area (Å²) in [6.45, 7) is 5.79. The number of morpholine rings is 1. The lowest BCUT2D eigenvalue weighted by molar-refractivity contribution is 0.0383. The van der Waals surface area contributed by atoms with E-state index in [0.717, 1.165) is 13.1 Å². The van der Waals surface area contributed by atoms with Crippen LogP contribution in [-0.4, -0.2) is 59.9 Å². The van der Waals surface area contributed by atoms with Crippen molar-refractivity contribution in [2.45, 2.75) is 25.8 Å². The molecule has 0 bridgehead atoms. The minimum absolute atomic E-state index is 0. The van der Waals surface area contributed by atoms with Gasteiger partial charge in [-0.3, -0.25) is 14.5 Å². The quantitative estimate of drug-likeness (QED) is 0.781. The fraction of sp³-hybridized carbons (Fsp3) is 0.500. The van der Waals surface area contributed by atoms with Gasteiger partial charge in [-0.15, -0.1) is 12.4 Å². The molecule has 2 aliphatic rings. The molecule has 1 fully saturated rings. The van der Waals surface area contributed by atoms with Gasteiger partial charge in [0, 0.05) is 37.6 Å². The van der Waals surface area contributed by atoms with E-state index in [4.69, 9.17) is 4.74 Å². The second kappa shape index (κ2) is 8.69. The maximum atomic E-state index is 14.0. The molecule has 7 nitrogen and oxygen atoms in total. The molecular formula is C20H25ClFN3O4. The predicted molar refractivity (Wildman–Crippen MR) is 110 cm³/mol. The predicted octanol–water partition coefficient (Wildman–Crippen LogP) is 1.84. The van der Waals surface area contributed by atoms with Crippen LogP contribution in [0.15, 0.2) is 16.9 Å². The van der Waals surface area contributed by atoms with Gasteiger partial charge in [-0.25, -0.2) is 4.39 Å². The Kier molecular flexibility index (Phi) is 6.45. The molecule has 3 heterocycles. The summed E-state index contributed by atoms with van der Waals surface area (Å²) in [5, 5.41) is 13.6. The zero-order valence-electron chi connectivity index (χ0n) is 16.2. The average Bonchev–Trinajstić information content (AvgIpc) is 2.67. The number of halogens is 2. The molecule has 2 aliphatic heterocycles. The number of aromatic hydroxyl groups is 1. The molecule has 0 saturated carbocycles. The standard InChI is InChI=1S/C20H24FN3O4.ClH/c1-12-2-3-13-10-14(21)11-15-17(13)24(12)20(27)16(18(15)25)19(26)22-4-5-23-6-8-28-9-7-23;/h10-12,25H,2-9H2,1H3,(H,22,26);1H. The molecule has 1 atom stereocenters. The zero-order chi connectivity index (χ0) is 19.8. The largest absolute Gasteiger partial charge is 0.506 e. The van der Waals surface area contributed by atoms with E-state index in [2.05, 4.69) is 10.2 Å². The summed E-state index contributed by atoms with van der Waals surface area (Å²) in [7, 11) is 0. The Labute approximate surface area is 173 Å². The highest BCUT2D eigenvalue weighted by atomic mass is 35.5. The molecule has 158 valence electrons. The molecule has 1 aromatic heterocycles. The van der Waals surface area contributed by atoms with Crippen molar-refractivity contribution in [2.75, 3.05) is 39.4 Å². The number of ether oxygens (including phenoxy) is 1. The number of hydrogen-bond acceptors (Lipinski definition) is 5. The molecule has 4 rings (SSSR count). The summed E-state index contributed by atoms with van der Waals surface area (Å²) in [5.74, 6) is -1.57. The monoisotopic (exact) mass is 425 g/mol. The average molecular weight is 426 g/mol. The van der Waals surface area contributed by atoms with E-state index in [9.17, 15) is 19.1 Å². The van der Waals surface area contributed by atoms with Gasteiger partial charge < -0.3 is 19.7 Å². The van der Waals surface area contributed by atoms with Gasteiger partial charge >= 0.3 is 0 Å². The Balaban J connectivity index is 0.00000240. The number of pyridine rings is 1. The van der Waals surface area contributed by atoms with E-state index in [0.29, 0.717) is 50.2 Å². The molecule has 0 spiro atoms. The van der Waals surface area contributed by atoms with E-state index < -0.39 is 23.0 Å². The fourth-order valence-electron chi connectivity index (χ4n) is 4.13. The van der Waals surface area contributed by atoms with Crippen molar-refractivity contribution in [1.82, 2.24) is 14.8 Å². The second-order valence-corrected chi connectivity index (χ2v) is 7.46. The van der Waals surface area contributed by atoms with Crippen molar-refractivity contribution in [3.8, 4) is 5.75 Å². The number of rotatable bonds is 4. The number of amides is 1. The maximum Gasteiger partial charge on any atom is 0.267 e. The number of aryl methyl sites for hydroxylation is 1. The van der Waals surface area contributed by atoms with Gasteiger partial charge in [-0.2, -0.15) is 0 Å². The molecule has 2 aromatic rings. The van der Waals surface area contributed by atoms with Crippen LogP contribution in [0.4, 0.5) is 4.39 Å². The first-order valence-electron chi connectivity index (χ1n) is 9.65. The molecule has 2 N–H and O–H groups in total. The summed E-state index contributed by atoms with van der Waals surface area (Å²) < 4.78 is 20.9. The van der Waals surface area contributed by atoms with E-state index >= 15 is 0 Å². The topological polar surface area (TPSA) is 83.8 Å². The number of nitrogens with one attached hydrogen (secondary N) is 1. The molecule has 1 unspecified atom stereocenters. The third-order valence-corrected chi connectivity index (χ3v) is 5.64. The van der Waals surface area contributed by atoms with Crippen LogP contribution in [0.3, 0.4) is 0 Å². The third kappa shape index (κ3) is 3.97. The van der Waals surface area contributed by atoms with Crippen LogP contribution in [0.2, 0.25) is 0 Å². The first kappa shape index (κ1) is 21.5. The van der Waals surface area contributed by atoms with Crippen molar-refractivity contribution in [3.63, 3.8) is 0 Å². The van der Waals surface area contributed by atoms with Gasteiger partial charge in [-0.1, -0.05) is 0 Å². The molecule has 1 saturated heterocycles. The highest BCUT2D eigenvalue weighted by Crippen LogP contribution is 2.35. The van der Waals surface area contributed by atoms with E-state index in [1.807, 2.05) is 6.92 Å². The second-order valence-electron chi connectivity index (χ2n) is 7.46. The van der Waals surface area contributed by atoms with Crippen molar-refractivity contribution in [1.29, 1.82) is 0 Å². The molecule has 9 heteroatoms. The van der Waals surface area contributed by atoms with Gasteiger partial charge in [-0.05, 0) is 37.5 Å². The van der Waals surface area contributed by atoms with E-state index in [-0.39, 0.29) is 29.4 Å². The lowest BCUT2D eigenvalue weighted by atomic mass is 9.95. The van der Waals surface area contributed by atoms with Gasteiger partial charge in [0.05, 0.1) is 18.7 Å². The molecule has 0 radical (unpaired) electrons. The first-order valence-corrected chi connectivity index (χ1v) is 9.65. The highest BCUT2D eigenvalue weighted by molar-refractivity contribution is 6.03. The SMILES string of the molecule is CC1CCc2cc(F)cc3c(O)c(C(=O)NCCN4CCOCC4)c(=O)n1c23.Cl. The third-order valence-electron chi connectivity index (χ3n) is 5.64. The summed E-state index contributed by atoms with van der Waals surface area (Å²) in [6, 6.07) is 2.45. The smallest absolute Gasteiger partial charge is 0.267 e. The lowest BCUT2D eigenvalue weighted by Crippen LogP contribution is -2.42. The number of hydrogen-bond donors (Lipinski definition) is 2. The van der Waals surface area contributed by atoms with Crippen molar-refractivity contribution >= 4 is 29.2 Å². The number of carbonyl (C=O) groups is 1. The first-order chi connectivity index (χ1) is 13.5. The number of nitrogens with zero attached hydrogens (tertiary/aromatic N) is 2. The summed E-state index contributed by atoms with van der Waals surface area (Å²) in [6.07, 6.45) is 1.30. The fourth-order valence-corrected chi connectivity index (χ4v) is 4.13. The lowest BCUT2D eigenvalue weighted by Gasteiger charge is -2.27. The number of carbonyl (C=O) groups excluding carboxylic acids is 1. The maximum absolute atomic E-state index is 14.0. The highest BCUT2D eigenvalue weighted by Gasteiger charge is 2.28. The summed E-state index contributed by atoms with van der Waals surface area (Å²) >= 11 is 0. The normalized spacial score (nSPS) is 19.0. The molecular weight excluding hydrogens is 401 g/mol. The van der Waals surface area contributed by atoms with Gasteiger partial charge in [0.2, 0.25) is 0 Å². The van der Waals surface area contributed by atoms with Crippen LogP contribution in [0.1, 0.15) is 35.3 Å². The summed E-state index contributed by atoms with van der Waals surface area (Å²) in [5.41, 5.74) is 0.348.